The summed E-state index contributed by atoms with van der Waals surface area (Å²) >= 11 is 22.4. The van der Waals surface area contributed by atoms with Crippen molar-refractivity contribution in [2.45, 2.75) is 12.4 Å². The molecular weight excluding hydrogens is 471 g/mol. The van der Waals surface area contributed by atoms with Gasteiger partial charge in [-0.3, -0.25) is 0 Å². The summed E-state index contributed by atoms with van der Waals surface area (Å²) in [4.78, 5) is 0. The second-order valence-corrected chi connectivity index (χ2v) is 14.9. The van der Waals surface area contributed by atoms with Gasteiger partial charge in [-0.25, -0.2) is 0 Å². The first-order chi connectivity index (χ1) is 9.54. The van der Waals surface area contributed by atoms with Gasteiger partial charge in [-0.1, -0.05) is 0 Å². The Kier molecular flexibility index (Phi) is 6.74. The van der Waals surface area contributed by atoms with Crippen LogP contribution in [-0.2, 0) is 9.05 Å². The van der Waals surface area contributed by atoms with Gasteiger partial charge in [0, 0.05) is 0 Å². The lowest BCUT2D eigenvalue weighted by molar-refractivity contribution is -0.152. The van der Waals surface area contributed by atoms with Gasteiger partial charge in [-0.05, 0) is 45.0 Å². The highest BCUT2D eigenvalue weighted by Crippen LogP contribution is 2.85. The normalized spacial score (nSPS) is 31.9. The van der Waals surface area contributed by atoms with Crippen LogP contribution in [0, 0.1) is 0 Å². The molecule has 1 aliphatic heterocycles. The fourth-order valence-electron chi connectivity index (χ4n) is 0.869. The van der Waals surface area contributed by atoms with Crippen molar-refractivity contribution in [1.29, 1.82) is 0 Å². The molecule has 2 atom stereocenters. The minimum atomic E-state index is -4.79. The van der Waals surface area contributed by atoms with Crippen molar-refractivity contribution in [3.63, 3.8) is 0 Å². The van der Waals surface area contributed by atoms with E-state index in [4.69, 9.17) is 45.0 Å². The van der Waals surface area contributed by atoms with Gasteiger partial charge in [-0.2, -0.15) is 39.9 Å². The third-order valence-corrected chi connectivity index (χ3v) is 13.1. The van der Waals surface area contributed by atoms with Gasteiger partial charge in [-0.15, -0.1) is 0 Å². The first kappa shape index (κ1) is 21.4. The quantitative estimate of drug-likeness (QED) is 0.306. The van der Waals surface area contributed by atoms with E-state index in [2.05, 4.69) is 22.6 Å². The molecule has 132 valence electrons. The molecule has 0 aromatic carbocycles. The number of alkyl halides is 6. The molecule has 0 spiro atoms. The van der Waals surface area contributed by atoms with Gasteiger partial charge in [0.1, 0.15) is 0 Å². The van der Waals surface area contributed by atoms with Crippen molar-refractivity contribution in [3.05, 3.63) is 0 Å². The molecule has 22 heavy (non-hydrogen) atoms. The summed E-state index contributed by atoms with van der Waals surface area (Å²) in [6, 6.07) is 0. The lowest BCUT2D eigenvalue weighted by Crippen LogP contribution is -2.15. The van der Waals surface area contributed by atoms with E-state index in [1.54, 1.807) is 0 Å². The first-order valence-corrected chi connectivity index (χ1v) is 13.2. The molecule has 0 radical (unpaired) electrons. The average Bonchev–Trinajstić information content (AvgIpc) is 2.19. The van der Waals surface area contributed by atoms with Crippen LogP contribution in [0.15, 0.2) is 13.5 Å². The highest BCUT2D eigenvalue weighted by molar-refractivity contribution is 8.16. The highest BCUT2D eigenvalue weighted by Gasteiger charge is 2.40. The molecule has 1 heterocycles. The summed E-state index contributed by atoms with van der Waals surface area (Å²) in [5.74, 6) is -3.79. The van der Waals surface area contributed by atoms with Crippen LogP contribution in [0.2, 0.25) is 0 Å². The largest absolute Gasteiger partial charge is 0.412 e. The van der Waals surface area contributed by atoms with Gasteiger partial charge >= 0.3 is 25.9 Å². The van der Waals surface area contributed by atoms with Crippen molar-refractivity contribution in [3.8, 4) is 0 Å². The molecule has 0 aromatic rings. The Morgan fingerprint density at radius 2 is 1.05 bits per heavy atom. The third-order valence-electron chi connectivity index (χ3n) is 1.44. The van der Waals surface area contributed by atoms with E-state index in [-0.39, 0.29) is 0 Å². The first-order valence-electron chi connectivity index (χ1n) is 4.66. The topological polar surface area (TPSA) is 55.5 Å². The molecule has 0 aromatic heterocycles. The van der Waals surface area contributed by atoms with E-state index < -0.39 is 45.0 Å². The van der Waals surface area contributed by atoms with Crippen molar-refractivity contribution in [2.24, 2.45) is 13.5 Å². The average molecular weight is 475 g/mol. The second-order valence-electron chi connectivity index (χ2n) is 3.45. The van der Waals surface area contributed by atoms with Crippen molar-refractivity contribution in [2.75, 3.05) is 13.2 Å². The SMILES string of the molecule is FC(F)(F)CO[P@]1(Cl)=N[P@](Cl)(OCC(F)(F)F)=NP(Cl)(Cl)=N1. The van der Waals surface area contributed by atoms with E-state index in [1.807, 2.05) is 0 Å². The fourth-order valence-corrected chi connectivity index (χ4v) is 15.5. The molecule has 0 fully saturated rings. The van der Waals surface area contributed by atoms with E-state index in [9.17, 15) is 26.3 Å². The molecule has 1 rings (SSSR count). The zero-order valence-corrected chi connectivity index (χ0v) is 15.4. The summed E-state index contributed by atoms with van der Waals surface area (Å²) < 4.78 is 91.4. The van der Waals surface area contributed by atoms with Crippen molar-refractivity contribution >= 4 is 64.4 Å². The van der Waals surface area contributed by atoms with Crippen LogP contribution in [0.1, 0.15) is 0 Å². The van der Waals surface area contributed by atoms with Gasteiger partial charge in [0.05, 0.1) is 0 Å². The molecule has 0 bridgehead atoms. The number of nitrogens with zero attached hydrogens (tertiary/aromatic N) is 3. The van der Waals surface area contributed by atoms with E-state index in [1.165, 1.54) is 0 Å². The molecule has 0 N–H and O–H groups in total. The summed E-state index contributed by atoms with van der Waals surface area (Å²) in [6.45, 7) is -12.1. The smallest absolute Gasteiger partial charge is 0.306 e. The summed E-state index contributed by atoms with van der Waals surface area (Å²) in [7, 11) is 0. The molecule has 0 aliphatic carbocycles. The van der Waals surface area contributed by atoms with E-state index in [0.29, 0.717) is 0 Å². The second kappa shape index (κ2) is 6.93. The van der Waals surface area contributed by atoms with Crippen LogP contribution in [0.5, 0.6) is 0 Å². The fraction of sp³-hybridized carbons (Fsp3) is 1.00. The van der Waals surface area contributed by atoms with Crippen molar-refractivity contribution < 1.29 is 35.4 Å². The third kappa shape index (κ3) is 7.95. The maximum Gasteiger partial charge on any atom is 0.412 e. The van der Waals surface area contributed by atoms with Gasteiger partial charge in [0.2, 0.25) is 0 Å². The zero-order chi connectivity index (χ0) is 17.4. The molecule has 0 saturated carbocycles. The summed E-state index contributed by atoms with van der Waals surface area (Å²) in [6.07, 6.45) is -9.58. The lowest BCUT2D eigenvalue weighted by atomic mass is 10.7. The Bertz CT molecular complexity index is 575. The zero-order valence-electron chi connectivity index (χ0n) is 9.69. The Morgan fingerprint density at radius 3 is 1.41 bits per heavy atom. The van der Waals surface area contributed by atoms with Crippen LogP contribution in [-0.4, -0.2) is 25.6 Å². The molecule has 5 nitrogen and oxygen atoms in total. The number of halogens is 10. The van der Waals surface area contributed by atoms with Crippen molar-refractivity contribution in [1.82, 2.24) is 0 Å². The minimum absolute atomic E-state index is 1.87. The van der Waals surface area contributed by atoms with E-state index >= 15 is 0 Å². The monoisotopic (exact) mass is 473 g/mol. The Morgan fingerprint density at radius 1 is 0.682 bits per heavy atom. The number of hydrogen-bond donors (Lipinski definition) is 0. The standard InChI is InChI=1S/C4H4Cl4F6N3O2P3/c5-20(6)15-21(7,18-1-3(9,10)11)17-22(8,16-20)19-2-4(12,13)14/h1-2H2/t21-,22+. The molecule has 1 aliphatic rings. The molecule has 0 saturated heterocycles. The maximum atomic E-state index is 12.1. The van der Waals surface area contributed by atoms with Gasteiger partial charge in [0.15, 0.2) is 13.2 Å². The Hall–Kier alpha value is 1.35. The number of hydrogen-bond acceptors (Lipinski definition) is 5. The van der Waals surface area contributed by atoms with Crippen LogP contribution in [0.3, 0.4) is 0 Å². The predicted molar refractivity (Wildman–Crippen MR) is 75.5 cm³/mol. The molecule has 0 unspecified atom stereocenters. The summed E-state index contributed by atoms with van der Waals surface area (Å²) in [5.41, 5.74) is 0. The Labute approximate surface area is 139 Å². The maximum absolute atomic E-state index is 12.1. The van der Waals surface area contributed by atoms with E-state index in [0.717, 1.165) is 0 Å². The summed E-state index contributed by atoms with van der Waals surface area (Å²) in [5, 5.41) is 0. The highest BCUT2D eigenvalue weighted by atomic mass is 35.9. The van der Waals surface area contributed by atoms with Crippen LogP contribution in [0.25, 0.3) is 0 Å². The van der Waals surface area contributed by atoms with Crippen LogP contribution in [0.4, 0.5) is 26.3 Å². The Balaban J connectivity index is 3.14. The molecule has 0 amide bonds. The number of rotatable bonds is 4. The lowest BCUT2D eigenvalue weighted by Gasteiger charge is -2.24. The predicted octanol–water partition coefficient (Wildman–Crippen LogP) is 7.95. The minimum Gasteiger partial charge on any atom is -0.306 e. The van der Waals surface area contributed by atoms with Crippen LogP contribution < -0.4 is 0 Å². The molecular formula is C4H4Cl4F6N3O2P3. The van der Waals surface area contributed by atoms with Gasteiger partial charge in [0.25, 0.3) is 5.91 Å². The van der Waals surface area contributed by atoms with Crippen LogP contribution >= 0.6 is 64.4 Å². The van der Waals surface area contributed by atoms with Gasteiger partial charge < -0.3 is 9.05 Å². The molecule has 18 heteroatoms.